The van der Waals surface area contributed by atoms with Gasteiger partial charge in [0.05, 0.1) is 11.3 Å². The predicted molar refractivity (Wildman–Crippen MR) is 84.7 cm³/mol. The molecule has 0 amide bonds. The van der Waals surface area contributed by atoms with Gasteiger partial charge in [0.2, 0.25) is 0 Å². The molecule has 0 unspecified atom stereocenters. The Labute approximate surface area is 122 Å². The van der Waals surface area contributed by atoms with Crippen molar-refractivity contribution in [3.8, 4) is 21.8 Å². The largest absolute Gasteiger partial charge is 0.383 e. The maximum atomic E-state index is 5.91. The molecule has 3 nitrogen and oxygen atoms in total. The van der Waals surface area contributed by atoms with Crippen LogP contribution in [0.2, 0.25) is 0 Å². The van der Waals surface area contributed by atoms with Gasteiger partial charge in [-0.25, -0.2) is 9.97 Å². The van der Waals surface area contributed by atoms with Crippen molar-refractivity contribution < 1.29 is 0 Å². The van der Waals surface area contributed by atoms with Gasteiger partial charge in [0.1, 0.15) is 10.8 Å². The fraction of sp³-hybridized carbons (Fsp3) is 0.125. The van der Waals surface area contributed by atoms with E-state index >= 15 is 0 Å². The van der Waals surface area contributed by atoms with E-state index in [0.29, 0.717) is 5.82 Å². The first-order valence-corrected chi connectivity index (χ1v) is 7.27. The van der Waals surface area contributed by atoms with E-state index in [9.17, 15) is 0 Å². The summed E-state index contributed by atoms with van der Waals surface area (Å²) in [6, 6.07) is 10.2. The van der Waals surface area contributed by atoms with Crippen LogP contribution in [0, 0.1) is 13.8 Å². The Balaban J connectivity index is 2.07. The van der Waals surface area contributed by atoms with Crippen LogP contribution in [0.5, 0.6) is 0 Å². The van der Waals surface area contributed by atoms with E-state index in [1.807, 2.05) is 12.1 Å². The van der Waals surface area contributed by atoms with Gasteiger partial charge in [0, 0.05) is 17.1 Å². The van der Waals surface area contributed by atoms with Gasteiger partial charge in [-0.1, -0.05) is 17.7 Å². The predicted octanol–water partition coefficient (Wildman–Crippen LogP) is 4.07. The number of hydrogen-bond donors (Lipinski definition) is 1. The summed E-state index contributed by atoms with van der Waals surface area (Å²) in [5.74, 6) is 0.523. The highest BCUT2D eigenvalue weighted by atomic mass is 32.1. The quantitative estimate of drug-likeness (QED) is 0.770. The van der Waals surface area contributed by atoms with Crippen molar-refractivity contribution >= 4 is 17.2 Å². The van der Waals surface area contributed by atoms with Crippen molar-refractivity contribution in [2.45, 2.75) is 13.8 Å². The third-order valence-electron chi connectivity index (χ3n) is 3.24. The van der Waals surface area contributed by atoms with E-state index in [0.717, 1.165) is 16.3 Å². The summed E-state index contributed by atoms with van der Waals surface area (Å²) in [5.41, 5.74) is 11.4. The Morgan fingerprint density at radius 1 is 1.10 bits per heavy atom. The lowest BCUT2D eigenvalue weighted by Gasteiger charge is -2.04. The van der Waals surface area contributed by atoms with Crippen molar-refractivity contribution in [3.63, 3.8) is 0 Å². The lowest BCUT2D eigenvalue weighted by molar-refractivity contribution is 1.31. The Morgan fingerprint density at radius 3 is 2.75 bits per heavy atom. The molecule has 0 atom stereocenters. The standard InChI is InChI=1S/C16H15N3S/c1-10-5-6-11(2)13(8-10)14-9-20-16(19-14)12-4-3-7-18-15(12)17/h3-9H,1-2H3,(H2,17,18). The maximum Gasteiger partial charge on any atom is 0.133 e. The molecule has 2 aromatic heterocycles. The van der Waals surface area contributed by atoms with Gasteiger partial charge < -0.3 is 5.73 Å². The molecule has 0 saturated heterocycles. The fourth-order valence-corrected chi connectivity index (χ4v) is 2.98. The molecule has 0 aliphatic rings. The van der Waals surface area contributed by atoms with Crippen LogP contribution in [0.15, 0.2) is 41.9 Å². The lowest BCUT2D eigenvalue weighted by atomic mass is 10.0. The average Bonchev–Trinajstić information content (AvgIpc) is 2.91. The van der Waals surface area contributed by atoms with Crippen LogP contribution < -0.4 is 5.73 Å². The van der Waals surface area contributed by atoms with Crippen molar-refractivity contribution in [1.29, 1.82) is 0 Å². The summed E-state index contributed by atoms with van der Waals surface area (Å²) in [5, 5.41) is 2.98. The lowest BCUT2D eigenvalue weighted by Crippen LogP contribution is -1.92. The second-order valence-corrected chi connectivity index (χ2v) is 5.65. The first kappa shape index (κ1) is 12.8. The molecule has 100 valence electrons. The number of anilines is 1. The number of thiazole rings is 1. The zero-order valence-corrected chi connectivity index (χ0v) is 12.2. The van der Waals surface area contributed by atoms with Crippen LogP contribution in [0.3, 0.4) is 0 Å². The number of hydrogen-bond acceptors (Lipinski definition) is 4. The summed E-state index contributed by atoms with van der Waals surface area (Å²) in [6.45, 7) is 4.20. The number of nitrogen functional groups attached to an aromatic ring is 1. The zero-order valence-electron chi connectivity index (χ0n) is 11.4. The highest BCUT2D eigenvalue weighted by Gasteiger charge is 2.11. The van der Waals surface area contributed by atoms with Crippen LogP contribution in [0.4, 0.5) is 5.82 Å². The van der Waals surface area contributed by atoms with E-state index < -0.39 is 0 Å². The van der Waals surface area contributed by atoms with Gasteiger partial charge in [-0.05, 0) is 37.6 Å². The smallest absolute Gasteiger partial charge is 0.133 e. The highest BCUT2D eigenvalue weighted by Crippen LogP contribution is 2.32. The van der Waals surface area contributed by atoms with Gasteiger partial charge in [0.25, 0.3) is 0 Å². The summed E-state index contributed by atoms with van der Waals surface area (Å²) in [7, 11) is 0. The van der Waals surface area contributed by atoms with Crippen LogP contribution in [0.25, 0.3) is 21.8 Å². The molecular formula is C16H15N3S. The number of nitrogens with two attached hydrogens (primary N) is 1. The molecule has 2 heterocycles. The number of pyridine rings is 1. The maximum absolute atomic E-state index is 5.91. The molecule has 4 heteroatoms. The van der Waals surface area contributed by atoms with E-state index in [-0.39, 0.29) is 0 Å². The topological polar surface area (TPSA) is 51.8 Å². The first-order chi connectivity index (χ1) is 9.65. The van der Waals surface area contributed by atoms with Crippen LogP contribution in [-0.2, 0) is 0 Å². The molecule has 0 fully saturated rings. The first-order valence-electron chi connectivity index (χ1n) is 6.39. The Hall–Kier alpha value is -2.20. The van der Waals surface area contributed by atoms with Crippen LogP contribution in [-0.4, -0.2) is 9.97 Å². The van der Waals surface area contributed by atoms with Gasteiger partial charge >= 0.3 is 0 Å². The molecule has 20 heavy (non-hydrogen) atoms. The number of rotatable bonds is 2. The minimum absolute atomic E-state index is 0.523. The summed E-state index contributed by atoms with van der Waals surface area (Å²) in [6.07, 6.45) is 1.69. The van der Waals surface area contributed by atoms with Gasteiger partial charge in [0.15, 0.2) is 0 Å². The average molecular weight is 281 g/mol. The van der Waals surface area contributed by atoms with Crippen LogP contribution in [0.1, 0.15) is 11.1 Å². The minimum Gasteiger partial charge on any atom is -0.383 e. The molecule has 0 bridgehead atoms. The molecule has 0 aliphatic carbocycles. The number of aromatic nitrogens is 2. The van der Waals surface area contributed by atoms with Crippen molar-refractivity contribution in [1.82, 2.24) is 9.97 Å². The molecule has 0 aliphatic heterocycles. The number of nitrogens with zero attached hydrogens (tertiary/aromatic N) is 2. The van der Waals surface area contributed by atoms with E-state index in [4.69, 9.17) is 10.7 Å². The SMILES string of the molecule is Cc1ccc(C)c(-c2csc(-c3cccnc3N)n2)c1. The zero-order chi connectivity index (χ0) is 14.1. The molecule has 1 aromatic carbocycles. The Kier molecular flexibility index (Phi) is 3.24. The van der Waals surface area contributed by atoms with E-state index in [1.54, 1.807) is 17.5 Å². The van der Waals surface area contributed by atoms with Gasteiger partial charge in [-0.15, -0.1) is 11.3 Å². The molecule has 0 radical (unpaired) electrons. The monoisotopic (exact) mass is 281 g/mol. The Bertz CT molecular complexity index is 762. The van der Waals surface area contributed by atoms with E-state index in [1.165, 1.54) is 16.7 Å². The molecular weight excluding hydrogens is 266 g/mol. The van der Waals surface area contributed by atoms with Crippen molar-refractivity contribution in [3.05, 3.63) is 53.0 Å². The van der Waals surface area contributed by atoms with Crippen molar-refractivity contribution in [2.24, 2.45) is 0 Å². The van der Waals surface area contributed by atoms with Gasteiger partial charge in [-0.2, -0.15) is 0 Å². The molecule has 0 saturated carbocycles. The van der Waals surface area contributed by atoms with Crippen molar-refractivity contribution in [2.75, 3.05) is 5.73 Å². The second-order valence-electron chi connectivity index (χ2n) is 4.79. The number of benzene rings is 1. The third kappa shape index (κ3) is 2.30. The highest BCUT2D eigenvalue weighted by molar-refractivity contribution is 7.13. The molecule has 3 rings (SSSR count). The number of aryl methyl sites for hydroxylation is 2. The molecule has 2 N–H and O–H groups in total. The molecule has 3 aromatic rings. The summed E-state index contributed by atoms with van der Waals surface area (Å²) < 4.78 is 0. The minimum atomic E-state index is 0.523. The summed E-state index contributed by atoms with van der Waals surface area (Å²) >= 11 is 1.60. The van der Waals surface area contributed by atoms with Crippen LogP contribution >= 0.6 is 11.3 Å². The normalized spacial score (nSPS) is 10.7. The fourth-order valence-electron chi connectivity index (χ4n) is 2.13. The van der Waals surface area contributed by atoms with E-state index in [2.05, 4.69) is 42.4 Å². The van der Waals surface area contributed by atoms with Gasteiger partial charge in [-0.3, -0.25) is 0 Å². The summed E-state index contributed by atoms with van der Waals surface area (Å²) in [4.78, 5) is 8.83. The molecule has 0 spiro atoms. The third-order valence-corrected chi connectivity index (χ3v) is 4.12. The second kappa shape index (κ2) is 5.06. The Morgan fingerprint density at radius 2 is 1.95 bits per heavy atom.